The zero-order chi connectivity index (χ0) is 11.5. The van der Waals surface area contributed by atoms with Crippen molar-refractivity contribution < 1.29 is 14.6 Å². The summed E-state index contributed by atoms with van der Waals surface area (Å²) in [6, 6.07) is 3.13. The molecule has 0 bridgehead atoms. The van der Waals surface area contributed by atoms with Crippen LogP contribution in [-0.4, -0.2) is 22.7 Å². The molecule has 0 unspecified atom stereocenters. The van der Waals surface area contributed by atoms with Crippen LogP contribution in [0.4, 0.5) is 0 Å². The number of aromatic nitrogens is 1. The van der Waals surface area contributed by atoms with Gasteiger partial charge in [-0.2, -0.15) is 0 Å². The average Bonchev–Trinajstić information content (AvgIpc) is 2.18. The highest BCUT2D eigenvalue weighted by molar-refractivity contribution is 6.30. The van der Waals surface area contributed by atoms with E-state index in [9.17, 15) is 9.90 Å². The van der Waals surface area contributed by atoms with Gasteiger partial charge in [0, 0.05) is 11.8 Å². The summed E-state index contributed by atoms with van der Waals surface area (Å²) < 4.78 is 4.74. The zero-order valence-electron chi connectivity index (χ0n) is 8.53. The van der Waals surface area contributed by atoms with E-state index >= 15 is 0 Å². The molecule has 1 aromatic rings. The fraction of sp³-hybridized carbons (Fsp3) is 0.400. The highest BCUT2D eigenvalue weighted by Crippen LogP contribution is 2.27. The first-order valence-electron chi connectivity index (χ1n) is 4.50. The SMILES string of the molecule is CCOC(=O)[C@@](C)(O)c1cccnc1Cl. The lowest BCUT2D eigenvalue weighted by atomic mass is 9.98. The first-order chi connectivity index (χ1) is 7.00. The number of ether oxygens (including phenoxy) is 1. The molecule has 1 rings (SSSR count). The molecule has 0 fully saturated rings. The predicted molar refractivity (Wildman–Crippen MR) is 55.5 cm³/mol. The van der Waals surface area contributed by atoms with E-state index in [0.29, 0.717) is 0 Å². The molecular formula is C10H12ClNO3. The molecule has 1 aromatic heterocycles. The largest absolute Gasteiger partial charge is 0.464 e. The topological polar surface area (TPSA) is 59.4 Å². The molecular weight excluding hydrogens is 218 g/mol. The summed E-state index contributed by atoms with van der Waals surface area (Å²) in [6.07, 6.45) is 1.48. The summed E-state index contributed by atoms with van der Waals surface area (Å²) in [5.74, 6) is -0.736. The molecule has 82 valence electrons. The van der Waals surface area contributed by atoms with Crippen LogP contribution < -0.4 is 0 Å². The van der Waals surface area contributed by atoms with Crippen LogP contribution in [0.2, 0.25) is 5.15 Å². The highest BCUT2D eigenvalue weighted by atomic mass is 35.5. The maximum absolute atomic E-state index is 11.5. The number of carbonyl (C=O) groups excluding carboxylic acids is 1. The number of rotatable bonds is 3. The van der Waals surface area contributed by atoms with Gasteiger partial charge >= 0.3 is 5.97 Å². The van der Waals surface area contributed by atoms with E-state index in [1.54, 1.807) is 13.0 Å². The van der Waals surface area contributed by atoms with Gasteiger partial charge in [0.15, 0.2) is 5.60 Å². The van der Waals surface area contributed by atoms with Gasteiger partial charge in [-0.1, -0.05) is 17.7 Å². The number of hydrogen-bond donors (Lipinski definition) is 1. The molecule has 0 radical (unpaired) electrons. The second-order valence-corrected chi connectivity index (χ2v) is 3.49. The van der Waals surface area contributed by atoms with E-state index in [-0.39, 0.29) is 17.3 Å². The number of aliphatic hydroxyl groups is 1. The number of nitrogens with zero attached hydrogens (tertiary/aromatic N) is 1. The summed E-state index contributed by atoms with van der Waals surface area (Å²) >= 11 is 5.77. The van der Waals surface area contributed by atoms with Gasteiger partial charge in [-0.15, -0.1) is 0 Å². The smallest absolute Gasteiger partial charge is 0.342 e. The minimum atomic E-state index is -1.76. The third-order valence-corrected chi connectivity index (χ3v) is 2.26. The van der Waals surface area contributed by atoms with Gasteiger partial charge in [0.25, 0.3) is 0 Å². The molecule has 0 amide bonds. The summed E-state index contributed by atoms with van der Waals surface area (Å²) in [4.78, 5) is 15.2. The summed E-state index contributed by atoms with van der Waals surface area (Å²) in [5, 5.41) is 10.1. The van der Waals surface area contributed by atoms with Gasteiger partial charge < -0.3 is 9.84 Å². The van der Waals surface area contributed by atoms with Gasteiger partial charge in [0.05, 0.1) is 6.61 Å². The standard InChI is InChI=1S/C10H12ClNO3/c1-3-15-9(13)10(2,14)7-5-4-6-12-8(7)11/h4-6,14H,3H2,1-2H3/t10-/m0/s1. The Kier molecular flexibility index (Phi) is 3.66. The molecule has 1 N–H and O–H groups in total. The van der Waals surface area contributed by atoms with E-state index in [4.69, 9.17) is 16.3 Å². The predicted octanol–water partition coefficient (Wildman–Crippen LogP) is 1.51. The lowest BCUT2D eigenvalue weighted by molar-refractivity contribution is -0.164. The van der Waals surface area contributed by atoms with Crippen molar-refractivity contribution in [2.45, 2.75) is 19.4 Å². The van der Waals surface area contributed by atoms with E-state index in [1.807, 2.05) is 0 Å². The van der Waals surface area contributed by atoms with Crippen LogP contribution in [0.3, 0.4) is 0 Å². The molecule has 15 heavy (non-hydrogen) atoms. The highest BCUT2D eigenvalue weighted by Gasteiger charge is 2.36. The van der Waals surface area contributed by atoms with Crippen molar-refractivity contribution in [3.05, 3.63) is 29.0 Å². The number of halogens is 1. The normalized spacial score (nSPS) is 14.4. The van der Waals surface area contributed by atoms with Crippen LogP contribution in [0, 0.1) is 0 Å². The Morgan fingerprint density at radius 2 is 2.40 bits per heavy atom. The van der Waals surface area contributed by atoms with Crippen LogP contribution in [0.5, 0.6) is 0 Å². The quantitative estimate of drug-likeness (QED) is 0.631. The molecule has 0 saturated carbocycles. The number of pyridine rings is 1. The van der Waals surface area contributed by atoms with Crippen molar-refractivity contribution in [2.75, 3.05) is 6.61 Å². The van der Waals surface area contributed by atoms with E-state index < -0.39 is 11.6 Å². The van der Waals surface area contributed by atoms with Crippen LogP contribution in [-0.2, 0) is 15.1 Å². The van der Waals surface area contributed by atoms with Crippen molar-refractivity contribution in [1.29, 1.82) is 0 Å². The lowest BCUT2D eigenvalue weighted by Crippen LogP contribution is -2.34. The van der Waals surface area contributed by atoms with Gasteiger partial charge in [-0.05, 0) is 19.9 Å². The fourth-order valence-electron chi connectivity index (χ4n) is 1.13. The monoisotopic (exact) mass is 229 g/mol. The van der Waals surface area contributed by atoms with Crippen molar-refractivity contribution in [2.24, 2.45) is 0 Å². The molecule has 0 aliphatic carbocycles. The molecule has 0 aliphatic heterocycles. The van der Waals surface area contributed by atoms with E-state index in [2.05, 4.69) is 4.98 Å². The van der Waals surface area contributed by atoms with Crippen molar-refractivity contribution in [1.82, 2.24) is 4.98 Å². The second kappa shape index (κ2) is 4.59. The maximum atomic E-state index is 11.5. The van der Waals surface area contributed by atoms with Gasteiger partial charge in [-0.25, -0.2) is 9.78 Å². The molecule has 0 spiro atoms. The van der Waals surface area contributed by atoms with Crippen LogP contribution in [0.25, 0.3) is 0 Å². The summed E-state index contributed by atoms with van der Waals surface area (Å²) in [5.41, 5.74) is -1.52. The molecule has 0 aromatic carbocycles. The first-order valence-corrected chi connectivity index (χ1v) is 4.88. The van der Waals surface area contributed by atoms with E-state index in [0.717, 1.165) is 0 Å². The third-order valence-electron chi connectivity index (χ3n) is 1.96. The van der Waals surface area contributed by atoms with Gasteiger partial charge in [-0.3, -0.25) is 0 Å². The van der Waals surface area contributed by atoms with E-state index in [1.165, 1.54) is 19.2 Å². The Bertz CT molecular complexity index is 365. The Morgan fingerprint density at radius 1 is 1.73 bits per heavy atom. The van der Waals surface area contributed by atoms with Crippen LogP contribution in [0.1, 0.15) is 19.4 Å². The second-order valence-electron chi connectivity index (χ2n) is 3.13. The van der Waals surface area contributed by atoms with Crippen LogP contribution in [0.15, 0.2) is 18.3 Å². The molecule has 0 saturated heterocycles. The van der Waals surface area contributed by atoms with Crippen LogP contribution >= 0.6 is 11.6 Å². The molecule has 0 aliphatic rings. The minimum Gasteiger partial charge on any atom is -0.464 e. The molecule has 5 heteroatoms. The Hall–Kier alpha value is -1.13. The Labute approximate surface area is 92.8 Å². The third kappa shape index (κ3) is 2.46. The van der Waals surface area contributed by atoms with Crippen molar-refractivity contribution >= 4 is 17.6 Å². The Morgan fingerprint density at radius 3 is 2.93 bits per heavy atom. The average molecular weight is 230 g/mol. The number of carbonyl (C=O) groups is 1. The number of esters is 1. The molecule has 1 heterocycles. The Balaban J connectivity index is 3.05. The van der Waals surface area contributed by atoms with Crippen molar-refractivity contribution in [3.8, 4) is 0 Å². The molecule has 1 atom stereocenters. The fourth-order valence-corrected chi connectivity index (χ4v) is 1.43. The van der Waals surface area contributed by atoms with Crippen molar-refractivity contribution in [3.63, 3.8) is 0 Å². The molecule has 4 nitrogen and oxygen atoms in total. The number of hydrogen-bond acceptors (Lipinski definition) is 4. The maximum Gasteiger partial charge on any atom is 0.342 e. The summed E-state index contributed by atoms with van der Waals surface area (Å²) in [7, 11) is 0. The summed E-state index contributed by atoms with van der Waals surface area (Å²) in [6.45, 7) is 3.19. The minimum absolute atomic E-state index is 0.0931. The van der Waals surface area contributed by atoms with Gasteiger partial charge in [0.2, 0.25) is 0 Å². The van der Waals surface area contributed by atoms with Gasteiger partial charge in [0.1, 0.15) is 5.15 Å². The first kappa shape index (κ1) is 11.9. The zero-order valence-corrected chi connectivity index (χ0v) is 9.28. The lowest BCUT2D eigenvalue weighted by Gasteiger charge is -2.21.